The molecule has 1 aromatic carbocycles. The molecule has 4 heteroatoms. The van der Waals surface area contributed by atoms with Crippen molar-refractivity contribution < 1.29 is 8.42 Å². The number of rotatable bonds is 7. The fourth-order valence-corrected chi connectivity index (χ4v) is 2.76. The van der Waals surface area contributed by atoms with Crippen LogP contribution >= 0.6 is 0 Å². The fraction of sp³-hybridized carbons (Fsp3) is 0.600. The lowest BCUT2D eigenvalue weighted by Gasteiger charge is -2.20. The lowest BCUT2D eigenvalue weighted by Crippen LogP contribution is -2.29. The maximum Gasteiger partial charge on any atom is 0.147 e. The van der Waals surface area contributed by atoms with Gasteiger partial charge in [0.25, 0.3) is 0 Å². The van der Waals surface area contributed by atoms with Gasteiger partial charge in [-0.25, -0.2) is 8.42 Å². The topological polar surface area (TPSA) is 46.2 Å². The second kappa shape index (κ2) is 7.06. The van der Waals surface area contributed by atoms with E-state index in [4.69, 9.17) is 0 Å². The van der Waals surface area contributed by atoms with Gasteiger partial charge < -0.3 is 5.32 Å². The zero-order chi connectivity index (χ0) is 14.5. The van der Waals surface area contributed by atoms with Gasteiger partial charge in [0.15, 0.2) is 0 Å². The first kappa shape index (κ1) is 16.2. The van der Waals surface area contributed by atoms with E-state index in [0.29, 0.717) is 12.5 Å². The molecule has 0 bridgehead atoms. The summed E-state index contributed by atoms with van der Waals surface area (Å²) >= 11 is 0. The Morgan fingerprint density at radius 1 is 1.26 bits per heavy atom. The number of benzene rings is 1. The van der Waals surface area contributed by atoms with Gasteiger partial charge in [0.2, 0.25) is 0 Å². The van der Waals surface area contributed by atoms with Crippen molar-refractivity contribution in [2.75, 3.05) is 18.6 Å². The lowest BCUT2D eigenvalue weighted by molar-refractivity contribution is 0.517. The van der Waals surface area contributed by atoms with Gasteiger partial charge in [-0.3, -0.25) is 0 Å². The molecule has 0 aliphatic rings. The molecule has 0 saturated heterocycles. The van der Waals surface area contributed by atoms with Crippen LogP contribution < -0.4 is 5.32 Å². The van der Waals surface area contributed by atoms with Crippen molar-refractivity contribution in [3.8, 4) is 0 Å². The Bertz CT molecular complexity index is 495. The minimum atomic E-state index is -2.90. The monoisotopic (exact) mass is 283 g/mol. The molecule has 0 fully saturated rings. The van der Waals surface area contributed by atoms with Crippen molar-refractivity contribution in [2.24, 2.45) is 0 Å². The summed E-state index contributed by atoms with van der Waals surface area (Å²) in [5.74, 6) is 0.489. The first-order chi connectivity index (χ1) is 8.78. The molecule has 3 nitrogen and oxygen atoms in total. The smallest absolute Gasteiger partial charge is 0.147 e. The molecule has 0 aromatic heterocycles. The number of aryl methyl sites for hydroxylation is 1. The van der Waals surface area contributed by atoms with E-state index in [2.05, 4.69) is 44.3 Å². The van der Waals surface area contributed by atoms with Crippen LogP contribution in [0.4, 0.5) is 0 Å². The summed E-state index contributed by atoms with van der Waals surface area (Å²) in [6.07, 6.45) is 1.97. The van der Waals surface area contributed by atoms with Gasteiger partial charge in [0, 0.05) is 18.8 Å². The van der Waals surface area contributed by atoms with Gasteiger partial charge >= 0.3 is 0 Å². The van der Waals surface area contributed by atoms with Gasteiger partial charge in [-0.15, -0.1) is 0 Å². The molecule has 108 valence electrons. The quantitative estimate of drug-likeness (QED) is 0.836. The number of hydrogen-bond acceptors (Lipinski definition) is 3. The van der Waals surface area contributed by atoms with E-state index < -0.39 is 9.84 Å². The van der Waals surface area contributed by atoms with Crippen LogP contribution in [0.25, 0.3) is 0 Å². The average Bonchev–Trinajstić information content (AvgIpc) is 2.27. The third-order valence-electron chi connectivity index (χ3n) is 3.12. The molecule has 0 heterocycles. The second-order valence-corrected chi connectivity index (χ2v) is 7.85. The lowest BCUT2D eigenvalue weighted by atomic mass is 9.95. The third kappa shape index (κ3) is 6.73. The van der Waals surface area contributed by atoms with E-state index in [1.807, 2.05) is 6.07 Å². The Kier molecular flexibility index (Phi) is 6.01. The summed E-state index contributed by atoms with van der Waals surface area (Å²) < 4.78 is 22.7. The van der Waals surface area contributed by atoms with Crippen LogP contribution in [0.2, 0.25) is 0 Å². The highest BCUT2D eigenvalue weighted by atomic mass is 32.2. The van der Waals surface area contributed by atoms with Crippen molar-refractivity contribution in [3.05, 3.63) is 35.4 Å². The van der Waals surface area contributed by atoms with Gasteiger partial charge in [-0.2, -0.15) is 0 Å². The Morgan fingerprint density at radius 3 is 2.47 bits per heavy atom. The number of hydrogen-bond donors (Lipinski definition) is 1. The molecule has 1 aromatic rings. The highest BCUT2D eigenvalue weighted by Crippen LogP contribution is 2.21. The Hall–Kier alpha value is -0.870. The first-order valence-electron chi connectivity index (χ1n) is 6.75. The molecule has 0 radical (unpaired) electrons. The molecule has 1 N–H and O–H groups in total. The van der Waals surface area contributed by atoms with Crippen molar-refractivity contribution in [1.29, 1.82) is 0 Å². The van der Waals surface area contributed by atoms with Crippen LogP contribution in [0.1, 0.15) is 37.3 Å². The van der Waals surface area contributed by atoms with E-state index in [1.54, 1.807) is 0 Å². The summed E-state index contributed by atoms with van der Waals surface area (Å²) in [7, 11) is -2.90. The number of sulfone groups is 1. The molecule has 0 aliphatic heterocycles. The summed E-state index contributed by atoms with van der Waals surface area (Å²) in [4.78, 5) is 0. The largest absolute Gasteiger partial charge is 0.314 e. The zero-order valence-electron chi connectivity index (χ0n) is 12.3. The van der Waals surface area contributed by atoms with E-state index >= 15 is 0 Å². The molecule has 19 heavy (non-hydrogen) atoms. The molecular weight excluding hydrogens is 258 g/mol. The van der Waals surface area contributed by atoms with Crippen molar-refractivity contribution in [1.82, 2.24) is 5.32 Å². The Balaban J connectivity index is 2.79. The van der Waals surface area contributed by atoms with Crippen LogP contribution in [0.3, 0.4) is 0 Å². The SMILES string of the molecule is Cc1cccc(C(CCS(C)(=O)=O)CNC(C)C)c1. The minimum absolute atomic E-state index is 0.241. The second-order valence-electron chi connectivity index (χ2n) is 5.59. The van der Waals surface area contributed by atoms with E-state index in [0.717, 1.165) is 6.54 Å². The van der Waals surface area contributed by atoms with Crippen LogP contribution in [-0.2, 0) is 9.84 Å². The van der Waals surface area contributed by atoms with E-state index in [-0.39, 0.29) is 11.7 Å². The van der Waals surface area contributed by atoms with Gasteiger partial charge in [-0.05, 0) is 24.8 Å². The van der Waals surface area contributed by atoms with Crippen LogP contribution in [0.15, 0.2) is 24.3 Å². The molecule has 0 saturated carbocycles. The van der Waals surface area contributed by atoms with Crippen LogP contribution in [0, 0.1) is 6.92 Å². The fourth-order valence-electron chi connectivity index (χ4n) is 2.04. The Labute approximate surface area is 117 Å². The molecule has 1 atom stereocenters. The molecule has 0 aliphatic carbocycles. The highest BCUT2D eigenvalue weighted by molar-refractivity contribution is 7.90. The predicted octanol–water partition coefficient (Wildman–Crippen LogP) is 2.51. The molecule has 1 unspecified atom stereocenters. The molecule has 0 spiro atoms. The summed E-state index contributed by atoms with van der Waals surface area (Å²) in [5, 5.41) is 3.40. The van der Waals surface area contributed by atoms with Crippen molar-refractivity contribution in [3.63, 3.8) is 0 Å². The van der Waals surface area contributed by atoms with Crippen LogP contribution in [0.5, 0.6) is 0 Å². The third-order valence-corrected chi connectivity index (χ3v) is 4.10. The van der Waals surface area contributed by atoms with Gasteiger partial charge in [0.1, 0.15) is 9.84 Å². The molecular formula is C15H25NO2S. The average molecular weight is 283 g/mol. The predicted molar refractivity (Wildman–Crippen MR) is 81.4 cm³/mol. The Morgan fingerprint density at radius 2 is 1.95 bits per heavy atom. The van der Waals surface area contributed by atoms with Crippen molar-refractivity contribution >= 4 is 9.84 Å². The minimum Gasteiger partial charge on any atom is -0.314 e. The molecule has 0 amide bonds. The highest BCUT2D eigenvalue weighted by Gasteiger charge is 2.15. The molecule has 1 rings (SSSR count). The first-order valence-corrected chi connectivity index (χ1v) is 8.81. The van der Waals surface area contributed by atoms with Gasteiger partial charge in [0.05, 0.1) is 5.75 Å². The summed E-state index contributed by atoms with van der Waals surface area (Å²) in [5.41, 5.74) is 2.43. The maximum absolute atomic E-state index is 11.4. The standard InChI is InChI=1S/C15H25NO2S/c1-12(2)16-11-15(8-9-19(4,17)18)14-7-5-6-13(3)10-14/h5-7,10,12,15-16H,8-9,11H2,1-4H3. The van der Waals surface area contributed by atoms with E-state index in [9.17, 15) is 8.42 Å². The van der Waals surface area contributed by atoms with E-state index in [1.165, 1.54) is 17.4 Å². The summed E-state index contributed by atoms with van der Waals surface area (Å²) in [6.45, 7) is 7.08. The summed E-state index contributed by atoms with van der Waals surface area (Å²) in [6, 6.07) is 8.74. The maximum atomic E-state index is 11.4. The van der Waals surface area contributed by atoms with Gasteiger partial charge in [-0.1, -0.05) is 43.7 Å². The normalized spacial score (nSPS) is 13.7. The van der Waals surface area contributed by atoms with Crippen LogP contribution in [-0.4, -0.2) is 33.0 Å². The zero-order valence-corrected chi connectivity index (χ0v) is 13.1. The van der Waals surface area contributed by atoms with Crippen molar-refractivity contribution in [2.45, 2.75) is 39.2 Å². The number of nitrogens with one attached hydrogen (secondary N) is 1.